The van der Waals surface area contributed by atoms with Gasteiger partial charge in [0.1, 0.15) is 0 Å². The molecule has 0 aliphatic carbocycles. The Bertz CT molecular complexity index is 654. The van der Waals surface area contributed by atoms with E-state index in [4.69, 9.17) is 12.2 Å². The predicted octanol–water partition coefficient (Wildman–Crippen LogP) is 3.57. The van der Waals surface area contributed by atoms with Crippen LogP contribution in [0.3, 0.4) is 0 Å². The minimum Gasteiger partial charge on any atom is -0.358 e. The van der Waals surface area contributed by atoms with Gasteiger partial charge in [0.15, 0.2) is 5.11 Å². The maximum atomic E-state index is 5.71. The number of nitrogens with zero attached hydrogens (tertiary/aromatic N) is 2. The number of thiocarbonyl (C=S) groups is 1. The van der Waals surface area contributed by atoms with E-state index in [0.29, 0.717) is 0 Å². The van der Waals surface area contributed by atoms with Crippen molar-refractivity contribution in [3.05, 3.63) is 59.9 Å². The van der Waals surface area contributed by atoms with Crippen molar-refractivity contribution in [1.82, 2.24) is 14.8 Å². The molecule has 0 amide bonds. The van der Waals surface area contributed by atoms with Crippen LogP contribution in [0.4, 0.5) is 0 Å². The third-order valence-electron chi connectivity index (χ3n) is 3.90. The lowest BCUT2D eigenvalue weighted by molar-refractivity contribution is 0.278. The van der Waals surface area contributed by atoms with Crippen LogP contribution in [0.15, 0.2) is 48.7 Å². The second kappa shape index (κ2) is 5.76. The van der Waals surface area contributed by atoms with Crippen molar-refractivity contribution >= 4 is 17.3 Å². The fraction of sp³-hybridized carbons (Fsp3) is 0.389. The predicted molar refractivity (Wildman–Crippen MR) is 94.9 cm³/mol. The fourth-order valence-electron chi connectivity index (χ4n) is 2.98. The summed E-state index contributed by atoms with van der Waals surface area (Å²) in [6, 6.07) is 15.1. The van der Waals surface area contributed by atoms with Gasteiger partial charge >= 0.3 is 0 Å². The lowest BCUT2D eigenvalue weighted by atomic mass is 10.0. The van der Waals surface area contributed by atoms with Gasteiger partial charge in [-0.2, -0.15) is 0 Å². The maximum absolute atomic E-state index is 5.71. The van der Waals surface area contributed by atoms with E-state index in [0.717, 1.165) is 18.2 Å². The first kappa shape index (κ1) is 15.1. The molecule has 0 saturated carbocycles. The molecular formula is C18H23N3S. The fourth-order valence-corrected chi connectivity index (χ4v) is 3.48. The van der Waals surface area contributed by atoms with Crippen LogP contribution in [0.2, 0.25) is 0 Å². The number of rotatable bonds is 1. The number of hydrogen-bond donors (Lipinski definition) is 1. The molecule has 0 bridgehead atoms. The number of fused-ring (bicyclic) bond motifs is 1. The second-order valence-corrected chi connectivity index (χ2v) is 7.20. The van der Waals surface area contributed by atoms with Crippen LogP contribution in [-0.2, 0) is 6.54 Å². The Morgan fingerprint density at radius 3 is 2.50 bits per heavy atom. The zero-order chi connectivity index (χ0) is 15.7. The van der Waals surface area contributed by atoms with E-state index in [9.17, 15) is 0 Å². The molecule has 1 aromatic carbocycles. The monoisotopic (exact) mass is 313 g/mol. The van der Waals surface area contributed by atoms with Crippen molar-refractivity contribution < 1.29 is 0 Å². The summed E-state index contributed by atoms with van der Waals surface area (Å²) in [5, 5.41) is 4.29. The van der Waals surface area contributed by atoms with Crippen molar-refractivity contribution in [3.8, 4) is 0 Å². The smallest absolute Gasteiger partial charge is 0.170 e. The molecular weight excluding hydrogens is 290 g/mol. The minimum atomic E-state index is -0.0300. The van der Waals surface area contributed by atoms with Crippen LogP contribution in [-0.4, -0.2) is 26.7 Å². The zero-order valence-corrected chi connectivity index (χ0v) is 14.2. The molecule has 0 spiro atoms. The molecule has 116 valence electrons. The Balaban J connectivity index is 1.97. The van der Waals surface area contributed by atoms with Crippen LogP contribution in [0, 0.1) is 0 Å². The Kier molecular flexibility index (Phi) is 3.96. The van der Waals surface area contributed by atoms with Crippen molar-refractivity contribution in [2.45, 2.75) is 38.9 Å². The minimum absolute atomic E-state index is 0.0300. The molecule has 0 radical (unpaired) electrons. The second-order valence-electron chi connectivity index (χ2n) is 6.81. The Labute approximate surface area is 137 Å². The summed E-state index contributed by atoms with van der Waals surface area (Å²) >= 11 is 5.71. The molecule has 0 fully saturated rings. The molecule has 1 aliphatic rings. The van der Waals surface area contributed by atoms with Crippen LogP contribution in [0.1, 0.15) is 38.1 Å². The molecule has 2 aromatic rings. The van der Waals surface area contributed by atoms with Crippen molar-refractivity contribution in [2.24, 2.45) is 0 Å². The van der Waals surface area contributed by atoms with E-state index in [2.05, 4.69) is 84.2 Å². The molecule has 3 rings (SSSR count). The number of aromatic nitrogens is 1. The van der Waals surface area contributed by atoms with Crippen LogP contribution in [0.5, 0.6) is 0 Å². The zero-order valence-electron chi connectivity index (χ0n) is 13.4. The Hall–Kier alpha value is -1.81. The van der Waals surface area contributed by atoms with E-state index < -0.39 is 0 Å². The molecule has 3 nitrogen and oxygen atoms in total. The molecule has 1 aliphatic heterocycles. The third kappa shape index (κ3) is 3.02. The lowest BCUT2D eigenvalue weighted by Crippen LogP contribution is -2.52. The summed E-state index contributed by atoms with van der Waals surface area (Å²) in [5.41, 5.74) is 2.55. The summed E-state index contributed by atoms with van der Waals surface area (Å²) in [6.07, 6.45) is 2.16. The van der Waals surface area contributed by atoms with Gasteiger partial charge in [0, 0.05) is 30.5 Å². The highest BCUT2D eigenvalue weighted by atomic mass is 32.1. The number of benzene rings is 1. The van der Waals surface area contributed by atoms with Crippen molar-refractivity contribution in [2.75, 3.05) is 6.54 Å². The summed E-state index contributed by atoms with van der Waals surface area (Å²) < 4.78 is 2.33. The Morgan fingerprint density at radius 2 is 1.82 bits per heavy atom. The van der Waals surface area contributed by atoms with Gasteiger partial charge in [0.05, 0.1) is 6.04 Å². The number of nitrogens with one attached hydrogen (secondary N) is 1. The van der Waals surface area contributed by atoms with Crippen LogP contribution < -0.4 is 5.32 Å². The highest BCUT2D eigenvalue weighted by Gasteiger charge is 2.31. The first-order valence-corrected chi connectivity index (χ1v) is 8.15. The van der Waals surface area contributed by atoms with Gasteiger partial charge in [-0.25, -0.2) is 0 Å². The van der Waals surface area contributed by atoms with Gasteiger partial charge < -0.3 is 14.8 Å². The lowest BCUT2D eigenvalue weighted by Gasteiger charge is -2.40. The van der Waals surface area contributed by atoms with Gasteiger partial charge in [-0.05, 0) is 50.7 Å². The molecule has 2 heterocycles. The first-order chi connectivity index (χ1) is 10.5. The van der Waals surface area contributed by atoms with E-state index in [1.807, 2.05) is 0 Å². The Morgan fingerprint density at radius 1 is 1.09 bits per heavy atom. The van der Waals surface area contributed by atoms with Crippen LogP contribution >= 0.6 is 12.2 Å². The molecule has 1 N–H and O–H groups in total. The van der Waals surface area contributed by atoms with Gasteiger partial charge in [0.25, 0.3) is 0 Å². The normalized spacial score (nSPS) is 18.0. The first-order valence-electron chi connectivity index (χ1n) is 7.74. The summed E-state index contributed by atoms with van der Waals surface area (Å²) in [5.74, 6) is 0. The summed E-state index contributed by atoms with van der Waals surface area (Å²) in [7, 11) is 0. The maximum Gasteiger partial charge on any atom is 0.170 e. The van der Waals surface area contributed by atoms with Gasteiger partial charge in [-0.3, -0.25) is 0 Å². The van der Waals surface area contributed by atoms with Gasteiger partial charge in [0.2, 0.25) is 0 Å². The molecule has 22 heavy (non-hydrogen) atoms. The molecule has 0 unspecified atom stereocenters. The van der Waals surface area contributed by atoms with E-state index >= 15 is 0 Å². The largest absolute Gasteiger partial charge is 0.358 e. The average molecular weight is 313 g/mol. The SMILES string of the molecule is CC(C)(C)NC(=S)N1CCn2cccc2[C@H]1c1ccccc1. The van der Waals surface area contributed by atoms with Crippen molar-refractivity contribution in [1.29, 1.82) is 0 Å². The quantitative estimate of drug-likeness (QED) is 0.813. The van der Waals surface area contributed by atoms with E-state index in [1.54, 1.807) is 0 Å². The highest BCUT2D eigenvalue weighted by molar-refractivity contribution is 7.80. The summed E-state index contributed by atoms with van der Waals surface area (Å²) in [6.45, 7) is 8.32. The number of hydrogen-bond acceptors (Lipinski definition) is 1. The van der Waals surface area contributed by atoms with Crippen molar-refractivity contribution in [3.63, 3.8) is 0 Å². The topological polar surface area (TPSA) is 20.2 Å². The summed E-state index contributed by atoms with van der Waals surface area (Å²) in [4.78, 5) is 2.31. The third-order valence-corrected chi connectivity index (χ3v) is 4.23. The van der Waals surface area contributed by atoms with Gasteiger partial charge in [-0.15, -0.1) is 0 Å². The van der Waals surface area contributed by atoms with E-state index in [-0.39, 0.29) is 11.6 Å². The molecule has 4 heteroatoms. The molecule has 1 aromatic heterocycles. The van der Waals surface area contributed by atoms with Crippen LogP contribution in [0.25, 0.3) is 0 Å². The highest BCUT2D eigenvalue weighted by Crippen LogP contribution is 2.32. The molecule has 0 saturated heterocycles. The standard InChI is InChI=1S/C18H23N3S/c1-18(2,3)19-17(22)21-13-12-20-11-7-10-15(20)16(21)14-8-5-4-6-9-14/h4-11,16H,12-13H2,1-3H3,(H,19,22)/t16-/m1/s1. The van der Waals surface area contributed by atoms with E-state index in [1.165, 1.54) is 11.3 Å². The molecule has 1 atom stereocenters. The van der Waals surface area contributed by atoms with Gasteiger partial charge in [-0.1, -0.05) is 30.3 Å². The average Bonchev–Trinajstić information content (AvgIpc) is 2.93.